The molecular weight excluding hydrogens is 312 g/mol. The number of aliphatic imine (C=N–C) groups is 1. The van der Waals surface area contributed by atoms with E-state index in [1.807, 2.05) is 18.2 Å². The summed E-state index contributed by atoms with van der Waals surface area (Å²) in [5.41, 5.74) is 3.47. The molecule has 1 fully saturated rings. The normalized spacial score (nSPS) is 18.6. The van der Waals surface area contributed by atoms with Crippen LogP contribution in [0.3, 0.4) is 0 Å². The van der Waals surface area contributed by atoms with Gasteiger partial charge in [-0.15, -0.1) is 0 Å². The van der Waals surface area contributed by atoms with Crippen molar-refractivity contribution in [1.29, 1.82) is 0 Å². The standard InChI is InChI=1S/C21H24N2O2/c1-24-18-8-6-17(7-9-18)10-13-23-14-11-21(12-15-23)19-4-2-3-5-20(19)22-16-25-21/h2-9,16H,10-15H2,1H3. The Bertz CT molecular complexity index is 747. The third-order valence-electron chi connectivity index (χ3n) is 5.40. The molecule has 0 bridgehead atoms. The minimum Gasteiger partial charge on any atom is -0.497 e. The molecule has 2 aromatic carbocycles. The lowest BCUT2D eigenvalue weighted by molar-refractivity contribution is -0.00948. The predicted molar refractivity (Wildman–Crippen MR) is 99.7 cm³/mol. The van der Waals surface area contributed by atoms with Crippen molar-refractivity contribution in [2.75, 3.05) is 26.7 Å². The zero-order chi connectivity index (χ0) is 17.1. The summed E-state index contributed by atoms with van der Waals surface area (Å²) in [6.07, 6.45) is 4.72. The first kappa shape index (κ1) is 16.2. The van der Waals surface area contributed by atoms with Crippen LogP contribution >= 0.6 is 0 Å². The van der Waals surface area contributed by atoms with Crippen molar-refractivity contribution in [3.63, 3.8) is 0 Å². The third kappa shape index (κ3) is 3.27. The summed E-state index contributed by atoms with van der Waals surface area (Å²) in [5, 5.41) is 0. The van der Waals surface area contributed by atoms with E-state index in [2.05, 4.69) is 40.2 Å². The van der Waals surface area contributed by atoms with Crippen LogP contribution in [0.25, 0.3) is 0 Å². The molecular formula is C21H24N2O2. The number of fused-ring (bicyclic) bond motifs is 2. The number of methoxy groups -OCH3 is 1. The second-order valence-corrected chi connectivity index (χ2v) is 6.80. The molecule has 2 heterocycles. The number of hydrogen-bond acceptors (Lipinski definition) is 4. The van der Waals surface area contributed by atoms with Crippen molar-refractivity contribution >= 4 is 12.1 Å². The Morgan fingerprint density at radius 3 is 2.60 bits per heavy atom. The summed E-state index contributed by atoms with van der Waals surface area (Å²) in [5.74, 6) is 0.915. The van der Waals surface area contributed by atoms with E-state index in [4.69, 9.17) is 9.47 Å². The second kappa shape index (κ2) is 6.89. The number of para-hydroxylation sites is 1. The number of likely N-dealkylation sites (tertiary alicyclic amines) is 1. The number of nitrogens with zero attached hydrogens (tertiary/aromatic N) is 2. The van der Waals surface area contributed by atoms with Crippen LogP contribution in [0.15, 0.2) is 53.5 Å². The summed E-state index contributed by atoms with van der Waals surface area (Å²) < 4.78 is 11.3. The first-order valence-corrected chi connectivity index (χ1v) is 8.94. The maximum Gasteiger partial charge on any atom is 0.175 e. The molecule has 0 atom stereocenters. The summed E-state index contributed by atoms with van der Waals surface area (Å²) in [7, 11) is 1.70. The maximum absolute atomic E-state index is 6.04. The van der Waals surface area contributed by atoms with E-state index in [-0.39, 0.29) is 5.60 Å². The molecule has 0 radical (unpaired) electrons. The van der Waals surface area contributed by atoms with Gasteiger partial charge in [-0.1, -0.05) is 30.3 Å². The Kier molecular flexibility index (Phi) is 4.45. The van der Waals surface area contributed by atoms with Gasteiger partial charge >= 0.3 is 0 Å². The van der Waals surface area contributed by atoms with E-state index in [1.165, 1.54) is 11.1 Å². The smallest absolute Gasteiger partial charge is 0.175 e. The average molecular weight is 336 g/mol. The number of hydrogen-bond donors (Lipinski definition) is 0. The highest BCUT2D eigenvalue weighted by Gasteiger charge is 2.40. The van der Waals surface area contributed by atoms with Crippen LogP contribution in [0.1, 0.15) is 24.0 Å². The number of ether oxygens (including phenoxy) is 2. The van der Waals surface area contributed by atoms with Crippen LogP contribution in [0.5, 0.6) is 5.75 Å². The maximum atomic E-state index is 6.04. The van der Waals surface area contributed by atoms with Crippen LogP contribution in [0.2, 0.25) is 0 Å². The largest absolute Gasteiger partial charge is 0.497 e. The lowest BCUT2D eigenvalue weighted by atomic mass is 9.82. The monoisotopic (exact) mass is 336 g/mol. The molecule has 2 aliphatic rings. The van der Waals surface area contributed by atoms with Crippen LogP contribution in [0.4, 0.5) is 5.69 Å². The summed E-state index contributed by atoms with van der Waals surface area (Å²) in [6.45, 7) is 3.19. The van der Waals surface area contributed by atoms with Gasteiger partial charge in [0.1, 0.15) is 11.4 Å². The molecule has 1 spiro atoms. The van der Waals surface area contributed by atoms with Crippen molar-refractivity contribution < 1.29 is 9.47 Å². The highest BCUT2D eigenvalue weighted by atomic mass is 16.5. The highest BCUT2D eigenvalue weighted by Crippen LogP contribution is 2.43. The molecule has 0 aliphatic carbocycles. The zero-order valence-corrected chi connectivity index (χ0v) is 14.6. The van der Waals surface area contributed by atoms with Crippen LogP contribution in [-0.2, 0) is 16.8 Å². The van der Waals surface area contributed by atoms with Crippen molar-refractivity contribution in [3.8, 4) is 5.75 Å². The van der Waals surface area contributed by atoms with Crippen molar-refractivity contribution in [2.24, 2.45) is 4.99 Å². The van der Waals surface area contributed by atoms with Gasteiger partial charge in [-0.05, 0) is 30.2 Å². The summed E-state index contributed by atoms with van der Waals surface area (Å²) >= 11 is 0. The fourth-order valence-electron chi connectivity index (χ4n) is 3.82. The first-order valence-electron chi connectivity index (χ1n) is 8.94. The molecule has 0 amide bonds. The molecule has 1 saturated heterocycles. The molecule has 4 nitrogen and oxygen atoms in total. The Hall–Kier alpha value is -2.33. The van der Waals surface area contributed by atoms with Gasteiger partial charge in [0.15, 0.2) is 6.40 Å². The van der Waals surface area contributed by atoms with E-state index < -0.39 is 0 Å². The predicted octanol–water partition coefficient (Wildman–Crippen LogP) is 3.92. The summed E-state index contributed by atoms with van der Waals surface area (Å²) in [4.78, 5) is 6.92. The average Bonchev–Trinajstić information content (AvgIpc) is 2.68. The lowest BCUT2D eigenvalue weighted by Gasteiger charge is -2.42. The Balaban J connectivity index is 1.36. The molecule has 2 aromatic rings. The van der Waals surface area contributed by atoms with E-state index in [0.717, 1.165) is 50.3 Å². The minimum atomic E-state index is -0.186. The van der Waals surface area contributed by atoms with Crippen molar-refractivity contribution in [1.82, 2.24) is 4.90 Å². The van der Waals surface area contributed by atoms with Gasteiger partial charge in [-0.2, -0.15) is 0 Å². The van der Waals surface area contributed by atoms with Crippen molar-refractivity contribution in [2.45, 2.75) is 24.9 Å². The Morgan fingerprint density at radius 2 is 1.84 bits per heavy atom. The molecule has 2 aliphatic heterocycles. The number of piperidine rings is 1. The van der Waals surface area contributed by atoms with Gasteiger partial charge in [-0.3, -0.25) is 0 Å². The van der Waals surface area contributed by atoms with Crippen molar-refractivity contribution in [3.05, 3.63) is 59.7 Å². The van der Waals surface area contributed by atoms with E-state index in [0.29, 0.717) is 0 Å². The van der Waals surface area contributed by atoms with Gasteiger partial charge in [-0.25, -0.2) is 4.99 Å². The second-order valence-electron chi connectivity index (χ2n) is 6.80. The molecule has 0 saturated carbocycles. The summed E-state index contributed by atoms with van der Waals surface area (Å²) in [6, 6.07) is 16.7. The third-order valence-corrected chi connectivity index (χ3v) is 5.40. The van der Waals surface area contributed by atoms with E-state index in [9.17, 15) is 0 Å². The van der Waals surface area contributed by atoms with Gasteiger partial charge in [0.2, 0.25) is 0 Å². The SMILES string of the molecule is COc1ccc(CCN2CCC3(CC2)OC=Nc2ccccc23)cc1. The van der Waals surface area contributed by atoms with E-state index in [1.54, 1.807) is 13.5 Å². The van der Waals surface area contributed by atoms with Gasteiger partial charge < -0.3 is 14.4 Å². The Morgan fingerprint density at radius 1 is 1.08 bits per heavy atom. The Labute approximate surface area is 149 Å². The molecule has 4 heteroatoms. The molecule has 130 valence electrons. The van der Waals surface area contributed by atoms with Crippen LogP contribution < -0.4 is 4.74 Å². The molecule has 25 heavy (non-hydrogen) atoms. The van der Waals surface area contributed by atoms with Gasteiger partial charge in [0, 0.05) is 38.0 Å². The highest BCUT2D eigenvalue weighted by molar-refractivity contribution is 5.64. The van der Waals surface area contributed by atoms with Gasteiger partial charge in [0.05, 0.1) is 12.8 Å². The fourth-order valence-corrected chi connectivity index (χ4v) is 3.82. The first-order chi connectivity index (χ1) is 12.3. The number of rotatable bonds is 4. The molecule has 0 aromatic heterocycles. The quantitative estimate of drug-likeness (QED) is 0.849. The van der Waals surface area contributed by atoms with Gasteiger partial charge in [0.25, 0.3) is 0 Å². The fraction of sp³-hybridized carbons (Fsp3) is 0.381. The zero-order valence-electron chi connectivity index (χ0n) is 14.6. The van der Waals surface area contributed by atoms with E-state index >= 15 is 0 Å². The van der Waals surface area contributed by atoms with Crippen LogP contribution in [0, 0.1) is 0 Å². The number of benzene rings is 2. The molecule has 4 rings (SSSR count). The molecule has 0 N–H and O–H groups in total. The van der Waals surface area contributed by atoms with Crippen LogP contribution in [-0.4, -0.2) is 38.0 Å². The topological polar surface area (TPSA) is 34.1 Å². The molecule has 0 unspecified atom stereocenters. The lowest BCUT2D eigenvalue weighted by Crippen LogP contribution is -2.45. The minimum absolute atomic E-state index is 0.186.